The maximum atomic E-state index is 14.7. The summed E-state index contributed by atoms with van der Waals surface area (Å²) in [6, 6.07) is 6.50. The number of piperazine rings is 1. The SMILES string of the molecule is COc1ccc(C2CCCCC2)c2c1cc1n2CC2=C(C(=O)NS(=O)(=O)CC(F)(F)F)C2=C2C=CC[C@@H](C(=O)N3C4CCC3CN(C)C4)C21. The molecular weight excluding hydrogens is 657 g/mol. The van der Waals surface area contributed by atoms with Crippen molar-refractivity contribution in [2.24, 2.45) is 5.92 Å². The molecule has 2 aromatic rings. The van der Waals surface area contributed by atoms with Crippen LogP contribution in [0.5, 0.6) is 5.75 Å². The zero-order valence-electron chi connectivity index (χ0n) is 27.7. The first-order valence-electron chi connectivity index (χ1n) is 17.3. The molecule has 13 heteroatoms. The second-order valence-electron chi connectivity index (χ2n) is 14.7. The van der Waals surface area contributed by atoms with E-state index in [4.69, 9.17) is 4.74 Å². The molecule has 4 atom stereocenters. The number of likely N-dealkylation sites (N-methyl/N-ethyl adjacent to an activating group) is 1. The summed E-state index contributed by atoms with van der Waals surface area (Å²) in [5, 5.41) is 0.920. The maximum Gasteiger partial charge on any atom is 0.404 e. The molecular formula is C36H41F3N4O5S. The number of benzene rings is 1. The number of amides is 2. The van der Waals surface area contributed by atoms with E-state index in [2.05, 4.69) is 33.5 Å². The number of ether oxygens (including phenoxy) is 1. The van der Waals surface area contributed by atoms with E-state index < -0.39 is 39.7 Å². The van der Waals surface area contributed by atoms with E-state index in [0.29, 0.717) is 29.2 Å². The number of sulfonamides is 1. The number of nitrogens with one attached hydrogen (secondary N) is 1. The van der Waals surface area contributed by atoms with Crippen LogP contribution >= 0.6 is 0 Å². The number of methoxy groups -OCH3 is 1. The molecule has 3 fully saturated rings. The summed E-state index contributed by atoms with van der Waals surface area (Å²) in [6.07, 6.45) is 6.79. The highest BCUT2D eigenvalue weighted by atomic mass is 32.2. The number of halogens is 3. The number of alkyl halides is 3. The van der Waals surface area contributed by atoms with Gasteiger partial charge in [0.15, 0.2) is 5.75 Å². The van der Waals surface area contributed by atoms with Crippen molar-refractivity contribution in [3.63, 3.8) is 0 Å². The molecule has 3 aliphatic heterocycles. The third-order valence-electron chi connectivity index (χ3n) is 11.6. The van der Waals surface area contributed by atoms with Crippen LogP contribution in [0.4, 0.5) is 13.2 Å². The van der Waals surface area contributed by atoms with E-state index >= 15 is 0 Å². The van der Waals surface area contributed by atoms with E-state index in [1.807, 2.05) is 18.2 Å². The summed E-state index contributed by atoms with van der Waals surface area (Å²) in [6.45, 7) is 1.86. The van der Waals surface area contributed by atoms with Crippen LogP contribution in [0.1, 0.15) is 74.5 Å². The third-order valence-corrected chi connectivity index (χ3v) is 12.8. The molecule has 1 aromatic heterocycles. The minimum absolute atomic E-state index is 0.0761. The molecule has 2 bridgehead atoms. The molecule has 262 valence electrons. The van der Waals surface area contributed by atoms with Crippen LogP contribution in [-0.4, -0.2) is 85.9 Å². The van der Waals surface area contributed by atoms with Gasteiger partial charge in [0, 0.05) is 48.7 Å². The van der Waals surface area contributed by atoms with Gasteiger partial charge in [0.2, 0.25) is 15.9 Å². The highest BCUT2D eigenvalue weighted by Crippen LogP contribution is 2.55. The highest BCUT2D eigenvalue weighted by molar-refractivity contribution is 7.90. The molecule has 2 amide bonds. The number of likely N-dealkylation sites (tertiary alicyclic amines) is 1. The Morgan fingerprint density at radius 3 is 2.43 bits per heavy atom. The summed E-state index contributed by atoms with van der Waals surface area (Å²) in [4.78, 5) is 32.6. The minimum atomic E-state index is -5.00. The molecule has 0 spiro atoms. The van der Waals surface area contributed by atoms with Gasteiger partial charge in [-0.25, -0.2) is 13.1 Å². The first-order valence-corrected chi connectivity index (χ1v) is 19.0. The van der Waals surface area contributed by atoms with Crippen molar-refractivity contribution in [2.45, 2.75) is 88.0 Å². The number of carbonyl (C=O) groups is 2. The Balaban J connectivity index is 1.28. The number of fused-ring (bicyclic) bond motifs is 8. The average Bonchev–Trinajstić information content (AvgIpc) is 3.58. The lowest BCUT2D eigenvalue weighted by Crippen LogP contribution is -2.56. The lowest BCUT2D eigenvalue weighted by atomic mass is 9.75. The van der Waals surface area contributed by atoms with Crippen LogP contribution in [0.15, 0.2) is 52.6 Å². The van der Waals surface area contributed by atoms with Gasteiger partial charge in [-0.05, 0) is 79.5 Å². The Kier molecular flexibility index (Phi) is 7.82. The van der Waals surface area contributed by atoms with Crippen molar-refractivity contribution in [2.75, 3.05) is 33.0 Å². The van der Waals surface area contributed by atoms with Crippen molar-refractivity contribution in [1.82, 2.24) is 19.1 Å². The molecule has 2 saturated heterocycles. The van der Waals surface area contributed by atoms with E-state index in [1.165, 1.54) is 12.0 Å². The Bertz CT molecular complexity index is 1940. The van der Waals surface area contributed by atoms with Crippen LogP contribution in [0.3, 0.4) is 0 Å². The number of carbonyl (C=O) groups excluding carboxylic acids is 2. The van der Waals surface area contributed by atoms with Crippen molar-refractivity contribution >= 4 is 32.7 Å². The van der Waals surface area contributed by atoms with Gasteiger partial charge in [0.05, 0.1) is 24.1 Å². The maximum absolute atomic E-state index is 14.7. The second kappa shape index (κ2) is 11.8. The van der Waals surface area contributed by atoms with E-state index in [-0.39, 0.29) is 30.1 Å². The predicted octanol–water partition coefficient (Wildman–Crippen LogP) is 5.29. The minimum Gasteiger partial charge on any atom is -0.496 e. The molecule has 1 N–H and O–H groups in total. The van der Waals surface area contributed by atoms with Crippen LogP contribution in [0.25, 0.3) is 10.9 Å². The molecule has 4 heterocycles. The fraction of sp³-hybridized carbons (Fsp3) is 0.556. The number of aromatic nitrogens is 1. The van der Waals surface area contributed by atoms with Crippen molar-refractivity contribution in [3.8, 4) is 5.75 Å². The number of nitrogens with zero attached hydrogens (tertiary/aromatic N) is 3. The Hall–Kier alpha value is -3.58. The number of hydrogen-bond acceptors (Lipinski definition) is 6. The standard InChI is InChI=1S/C36H41F3N4O5S/c1-41-16-21-11-12-22(17-41)43(21)35(45)25-10-6-9-24-30(25)28-15-26-29(48-2)14-13-23(20-7-4-3-5-8-20)33(26)42(28)18-27-31(24)32(27)34(44)40-49(46,47)19-36(37,38)39/h6,9,13-15,20-22,25,30H,3-5,7-8,10-12,16-19H2,1-2H3,(H,40,44)/t21?,22?,25-,30?/m1/s1. The van der Waals surface area contributed by atoms with Gasteiger partial charge < -0.3 is 19.1 Å². The van der Waals surface area contributed by atoms with Crippen molar-refractivity contribution in [1.29, 1.82) is 0 Å². The van der Waals surface area contributed by atoms with Gasteiger partial charge >= 0.3 is 6.18 Å². The van der Waals surface area contributed by atoms with Gasteiger partial charge in [-0.1, -0.05) is 37.5 Å². The summed E-state index contributed by atoms with van der Waals surface area (Å²) in [7, 11) is -1.26. The van der Waals surface area contributed by atoms with Crippen LogP contribution in [0, 0.1) is 5.92 Å². The molecule has 3 aliphatic carbocycles. The monoisotopic (exact) mass is 698 g/mol. The lowest BCUT2D eigenvalue weighted by molar-refractivity contribution is -0.141. The zero-order valence-corrected chi connectivity index (χ0v) is 28.5. The first-order chi connectivity index (χ1) is 23.3. The molecule has 1 aromatic carbocycles. The summed E-state index contributed by atoms with van der Waals surface area (Å²) in [5.41, 5.74) is 5.07. The van der Waals surface area contributed by atoms with Gasteiger partial charge in [-0.15, -0.1) is 0 Å². The van der Waals surface area contributed by atoms with Crippen molar-refractivity contribution in [3.05, 3.63) is 63.9 Å². The zero-order chi connectivity index (χ0) is 34.4. The predicted molar refractivity (Wildman–Crippen MR) is 177 cm³/mol. The molecule has 49 heavy (non-hydrogen) atoms. The van der Waals surface area contributed by atoms with E-state index in [9.17, 15) is 31.2 Å². The van der Waals surface area contributed by atoms with E-state index in [1.54, 1.807) is 11.8 Å². The molecule has 3 unspecified atom stereocenters. The first kappa shape index (κ1) is 32.6. The molecule has 9 nitrogen and oxygen atoms in total. The Morgan fingerprint density at radius 2 is 1.76 bits per heavy atom. The molecule has 6 aliphatic rings. The highest BCUT2D eigenvalue weighted by Gasteiger charge is 2.51. The summed E-state index contributed by atoms with van der Waals surface area (Å²) < 4.78 is 73.7. The van der Waals surface area contributed by atoms with Crippen molar-refractivity contribution < 1.29 is 35.9 Å². The third kappa shape index (κ3) is 5.60. The molecule has 1 saturated carbocycles. The molecule has 8 rings (SSSR count). The number of hydrogen-bond donors (Lipinski definition) is 1. The van der Waals surface area contributed by atoms with Gasteiger partial charge in [0.1, 0.15) is 5.75 Å². The Morgan fingerprint density at radius 1 is 1.04 bits per heavy atom. The van der Waals surface area contributed by atoms with E-state index in [0.717, 1.165) is 73.8 Å². The second-order valence-corrected chi connectivity index (χ2v) is 16.4. The average molecular weight is 699 g/mol. The van der Waals surface area contributed by atoms with Crippen LogP contribution in [0.2, 0.25) is 0 Å². The van der Waals surface area contributed by atoms with Crippen LogP contribution < -0.4 is 9.46 Å². The number of allylic oxidation sites excluding steroid dienone is 4. The number of rotatable bonds is 6. The fourth-order valence-electron chi connectivity index (χ4n) is 9.62. The smallest absolute Gasteiger partial charge is 0.404 e. The molecule has 0 radical (unpaired) electrons. The summed E-state index contributed by atoms with van der Waals surface area (Å²) in [5.74, 6) is -3.03. The Labute approximate surface area is 283 Å². The van der Waals surface area contributed by atoms with Gasteiger partial charge in [-0.2, -0.15) is 13.2 Å². The topological polar surface area (TPSA) is 101 Å². The quantitative estimate of drug-likeness (QED) is 0.440. The lowest BCUT2D eigenvalue weighted by Gasteiger charge is -2.43. The fourth-order valence-corrected chi connectivity index (χ4v) is 10.5. The largest absolute Gasteiger partial charge is 0.496 e. The van der Waals surface area contributed by atoms with Gasteiger partial charge in [0.25, 0.3) is 5.91 Å². The normalized spacial score (nSPS) is 27.2. The van der Waals surface area contributed by atoms with Crippen LogP contribution in [-0.2, 0) is 26.2 Å². The summed E-state index contributed by atoms with van der Waals surface area (Å²) >= 11 is 0. The van der Waals surface area contributed by atoms with Gasteiger partial charge in [-0.3, -0.25) is 9.59 Å².